The highest BCUT2D eigenvalue weighted by Gasteiger charge is 2.37. The minimum Gasteiger partial charge on any atom is -0.496 e. The molecule has 7 nitrogen and oxygen atoms in total. The number of fused-ring (bicyclic) bond motifs is 1. The van der Waals surface area contributed by atoms with E-state index in [-0.39, 0.29) is 17.0 Å². The number of methoxy groups -OCH3 is 1. The van der Waals surface area contributed by atoms with Gasteiger partial charge in [-0.15, -0.1) is 0 Å². The number of benzene rings is 2. The molecule has 2 aliphatic rings. The topological polar surface area (TPSA) is 79.0 Å². The summed E-state index contributed by atoms with van der Waals surface area (Å²) in [6, 6.07) is 12.9. The quantitative estimate of drug-likeness (QED) is 0.546. The number of anilines is 2. The molecule has 2 aromatic carbocycles. The first-order valence-corrected chi connectivity index (χ1v) is 12.3. The number of carbonyl (C=O) groups excluding carboxylic acids is 3. The first-order valence-electron chi connectivity index (χ1n) is 11.4. The van der Waals surface area contributed by atoms with E-state index in [0.29, 0.717) is 17.0 Å². The van der Waals surface area contributed by atoms with Gasteiger partial charge in [0.25, 0.3) is 11.1 Å². The van der Waals surface area contributed by atoms with Gasteiger partial charge in [0.1, 0.15) is 12.3 Å². The molecule has 0 bridgehead atoms. The molecule has 182 valence electrons. The summed E-state index contributed by atoms with van der Waals surface area (Å²) >= 11 is 0.825. The average molecular weight is 492 g/mol. The van der Waals surface area contributed by atoms with Crippen molar-refractivity contribution >= 4 is 51.8 Å². The molecule has 1 saturated heterocycles. The summed E-state index contributed by atoms with van der Waals surface area (Å²) in [6.45, 7) is 9.02. The first-order chi connectivity index (χ1) is 16.6. The Bertz CT molecular complexity index is 1250. The summed E-state index contributed by atoms with van der Waals surface area (Å²) in [6.07, 6.45) is 3.90. The highest BCUT2D eigenvalue weighted by molar-refractivity contribution is 8.18. The molecular formula is C27H29N3O4S. The van der Waals surface area contributed by atoms with Crippen molar-refractivity contribution < 1.29 is 19.1 Å². The molecule has 0 aromatic heterocycles. The van der Waals surface area contributed by atoms with E-state index >= 15 is 0 Å². The molecule has 1 fully saturated rings. The second-order valence-electron chi connectivity index (χ2n) is 9.02. The number of thioether (sulfide) groups is 1. The molecule has 8 heteroatoms. The summed E-state index contributed by atoms with van der Waals surface area (Å²) in [5.74, 6) is -0.318. The molecule has 0 aliphatic carbocycles. The molecule has 35 heavy (non-hydrogen) atoms. The number of amides is 3. The van der Waals surface area contributed by atoms with Crippen LogP contribution in [-0.2, 0) is 9.59 Å². The van der Waals surface area contributed by atoms with Gasteiger partial charge in [0.05, 0.1) is 17.6 Å². The van der Waals surface area contributed by atoms with Crippen molar-refractivity contribution in [2.45, 2.75) is 33.2 Å². The standard InChI is InChI=1S/C27H29N3O4S/c1-6-30-21-14-22(34-5)18(12-20(21)17(2)15-27(30,3)4)13-23-25(32)29(26(33)35-23)16-24(31)28-19-10-8-7-9-11-19/h7-15H,6,16H2,1-5H3,(H,28,31)/b23-13+. The predicted molar refractivity (Wildman–Crippen MR) is 141 cm³/mol. The van der Waals surface area contributed by atoms with Crippen LogP contribution in [0.3, 0.4) is 0 Å². The van der Waals surface area contributed by atoms with Crippen molar-refractivity contribution in [1.82, 2.24) is 4.90 Å². The fraction of sp³-hybridized carbons (Fsp3) is 0.296. The predicted octanol–water partition coefficient (Wildman–Crippen LogP) is 5.39. The lowest BCUT2D eigenvalue weighted by Gasteiger charge is -2.43. The van der Waals surface area contributed by atoms with E-state index < -0.39 is 17.1 Å². The minimum atomic E-state index is -0.494. The number of hydrogen-bond donors (Lipinski definition) is 1. The zero-order chi connectivity index (χ0) is 25.3. The van der Waals surface area contributed by atoms with E-state index in [4.69, 9.17) is 4.74 Å². The first kappa shape index (κ1) is 24.6. The zero-order valence-corrected chi connectivity index (χ0v) is 21.4. The van der Waals surface area contributed by atoms with Gasteiger partial charge in [-0.1, -0.05) is 24.3 Å². The Morgan fingerprint density at radius 2 is 1.89 bits per heavy atom. The van der Waals surface area contributed by atoms with E-state index in [1.54, 1.807) is 37.5 Å². The van der Waals surface area contributed by atoms with Crippen LogP contribution in [0.4, 0.5) is 16.2 Å². The van der Waals surface area contributed by atoms with Crippen LogP contribution in [0.5, 0.6) is 5.75 Å². The average Bonchev–Trinajstić information content (AvgIpc) is 3.06. The third-order valence-corrected chi connectivity index (χ3v) is 7.07. The Morgan fingerprint density at radius 3 is 2.54 bits per heavy atom. The normalized spacial score (nSPS) is 18.0. The molecule has 0 atom stereocenters. The van der Waals surface area contributed by atoms with Gasteiger partial charge < -0.3 is 15.0 Å². The maximum absolute atomic E-state index is 13.0. The van der Waals surface area contributed by atoms with Crippen LogP contribution in [0.1, 0.15) is 38.8 Å². The lowest BCUT2D eigenvalue weighted by molar-refractivity contribution is -0.127. The number of ether oxygens (including phenoxy) is 1. The van der Waals surface area contributed by atoms with Crippen LogP contribution in [0.25, 0.3) is 11.6 Å². The number of hydrogen-bond acceptors (Lipinski definition) is 6. The molecule has 0 spiro atoms. The van der Waals surface area contributed by atoms with E-state index in [1.165, 1.54) is 0 Å². The third-order valence-electron chi connectivity index (χ3n) is 6.16. The van der Waals surface area contributed by atoms with Gasteiger partial charge in [-0.3, -0.25) is 19.3 Å². The van der Waals surface area contributed by atoms with Gasteiger partial charge in [-0.25, -0.2) is 0 Å². The smallest absolute Gasteiger partial charge is 0.294 e. The molecule has 0 radical (unpaired) electrons. The van der Waals surface area contributed by atoms with Crippen molar-refractivity contribution in [2.24, 2.45) is 0 Å². The number of carbonyl (C=O) groups is 3. The number of nitrogens with one attached hydrogen (secondary N) is 1. The van der Waals surface area contributed by atoms with Crippen molar-refractivity contribution in [2.75, 3.05) is 30.4 Å². The van der Waals surface area contributed by atoms with Crippen LogP contribution in [-0.4, -0.2) is 47.7 Å². The molecule has 2 aliphatic heterocycles. The van der Waals surface area contributed by atoms with Gasteiger partial charge in [-0.2, -0.15) is 0 Å². The summed E-state index contributed by atoms with van der Waals surface area (Å²) in [5, 5.41) is 2.23. The van der Waals surface area contributed by atoms with Gasteiger partial charge in [0, 0.05) is 35.1 Å². The van der Waals surface area contributed by atoms with Crippen LogP contribution < -0.4 is 15.0 Å². The molecule has 4 rings (SSSR count). The Hall–Kier alpha value is -3.52. The second-order valence-corrected chi connectivity index (χ2v) is 10.0. The summed E-state index contributed by atoms with van der Waals surface area (Å²) < 4.78 is 5.66. The molecule has 0 saturated carbocycles. The number of imide groups is 1. The van der Waals surface area contributed by atoms with Crippen molar-refractivity contribution in [3.05, 3.63) is 64.6 Å². The minimum absolute atomic E-state index is 0.138. The second kappa shape index (κ2) is 9.62. The van der Waals surface area contributed by atoms with Crippen LogP contribution in [0.2, 0.25) is 0 Å². The molecule has 0 unspecified atom stereocenters. The Labute approximate surface area is 209 Å². The lowest BCUT2D eigenvalue weighted by atomic mass is 9.87. The monoisotopic (exact) mass is 491 g/mol. The molecule has 2 heterocycles. The van der Waals surface area contributed by atoms with E-state index in [2.05, 4.69) is 44.0 Å². The summed E-state index contributed by atoms with van der Waals surface area (Å²) in [4.78, 5) is 41.5. The van der Waals surface area contributed by atoms with Crippen LogP contribution in [0.15, 0.2) is 53.4 Å². The Kier molecular flexibility index (Phi) is 6.76. The van der Waals surface area contributed by atoms with Crippen molar-refractivity contribution in [3.63, 3.8) is 0 Å². The molecule has 2 aromatic rings. The molecule has 1 N–H and O–H groups in total. The maximum Gasteiger partial charge on any atom is 0.294 e. The number of nitrogens with zero attached hydrogens (tertiary/aromatic N) is 2. The fourth-order valence-electron chi connectivity index (χ4n) is 4.63. The number of rotatable bonds is 6. The SMILES string of the molecule is CCN1c2cc(OC)c(/C=C3/SC(=O)N(CC(=O)Nc4ccccc4)C3=O)cc2C(C)=CC1(C)C. The number of para-hydroxylation sites is 1. The zero-order valence-electron chi connectivity index (χ0n) is 20.5. The van der Waals surface area contributed by atoms with Gasteiger partial charge >= 0.3 is 0 Å². The fourth-order valence-corrected chi connectivity index (χ4v) is 5.46. The Morgan fingerprint density at radius 1 is 1.17 bits per heavy atom. The Balaban J connectivity index is 1.61. The van der Waals surface area contributed by atoms with Gasteiger partial charge in [-0.05, 0) is 69.3 Å². The summed E-state index contributed by atoms with van der Waals surface area (Å²) in [5.41, 5.74) is 4.43. The highest BCUT2D eigenvalue weighted by Crippen LogP contribution is 2.43. The van der Waals surface area contributed by atoms with Gasteiger partial charge in [0.15, 0.2) is 0 Å². The van der Waals surface area contributed by atoms with Crippen molar-refractivity contribution in [3.8, 4) is 5.75 Å². The molecule has 3 amide bonds. The molecular weight excluding hydrogens is 462 g/mol. The van der Waals surface area contributed by atoms with E-state index in [1.807, 2.05) is 18.2 Å². The van der Waals surface area contributed by atoms with E-state index in [9.17, 15) is 14.4 Å². The van der Waals surface area contributed by atoms with Crippen molar-refractivity contribution in [1.29, 1.82) is 0 Å². The number of allylic oxidation sites excluding steroid dienone is 1. The van der Waals surface area contributed by atoms with Gasteiger partial charge in [0.2, 0.25) is 5.91 Å². The highest BCUT2D eigenvalue weighted by atomic mass is 32.2. The largest absolute Gasteiger partial charge is 0.496 e. The summed E-state index contributed by atoms with van der Waals surface area (Å²) in [7, 11) is 1.59. The maximum atomic E-state index is 13.0. The van der Waals surface area contributed by atoms with Crippen LogP contribution >= 0.6 is 11.8 Å². The third kappa shape index (κ3) is 4.84. The van der Waals surface area contributed by atoms with Crippen LogP contribution in [0, 0.1) is 0 Å². The number of likely N-dealkylation sites (N-methyl/N-ethyl adjacent to an activating group) is 1. The lowest BCUT2D eigenvalue weighted by Crippen LogP contribution is -2.44. The van der Waals surface area contributed by atoms with E-state index in [0.717, 1.165) is 40.0 Å².